The van der Waals surface area contributed by atoms with Gasteiger partial charge in [-0.05, 0) is 12.5 Å². The van der Waals surface area contributed by atoms with Crippen molar-refractivity contribution in [2.45, 2.75) is 12.5 Å². The van der Waals surface area contributed by atoms with E-state index in [0.29, 0.717) is 6.42 Å². The molecule has 0 aliphatic heterocycles. The van der Waals surface area contributed by atoms with Crippen LogP contribution in [0.1, 0.15) is 6.42 Å². The second-order valence-corrected chi connectivity index (χ2v) is 2.99. The number of ketones is 2. The molecule has 4 nitrogen and oxygen atoms in total. The third-order valence-corrected chi connectivity index (χ3v) is 1.89. The highest BCUT2D eigenvalue weighted by atomic mass is 16.3. The normalized spacial score (nSPS) is 18.6. The standard InChI is InChI=1S/C10H11NO3/c1-2-3-8(11)7-4-6(12)5-9(13)10(7)14/h2,4-5,8,13H,1,3,11H2/t8-/m0/s1. The molecule has 0 unspecified atom stereocenters. The van der Waals surface area contributed by atoms with Gasteiger partial charge in [-0.15, -0.1) is 6.58 Å². The van der Waals surface area contributed by atoms with Crippen LogP contribution in [0.2, 0.25) is 0 Å². The van der Waals surface area contributed by atoms with Gasteiger partial charge in [0.25, 0.3) is 0 Å². The summed E-state index contributed by atoms with van der Waals surface area (Å²) >= 11 is 0. The highest BCUT2D eigenvalue weighted by Gasteiger charge is 2.24. The highest BCUT2D eigenvalue weighted by Crippen LogP contribution is 2.15. The predicted molar refractivity (Wildman–Crippen MR) is 51.6 cm³/mol. The quantitative estimate of drug-likeness (QED) is 0.502. The Balaban J connectivity index is 2.93. The molecule has 0 spiro atoms. The average molecular weight is 193 g/mol. The van der Waals surface area contributed by atoms with Crippen LogP contribution in [-0.4, -0.2) is 22.7 Å². The van der Waals surface area contributed by atoms with Gasteiger partial charge in [0.05, 0.1) is 0 Å². The number of carbonyl (C=O) groups is 2. The number of aliphatic hydroxyl groups excluding tert-OH is 1. The second kappa shape index (κ2) is 4.02. The Bertz CT molecular complexity index is 352. The molecule has 14 heavy (non-hydrogen) atoms. The lowest BCUT2D eigenvalue weighted by Crippen LogP contribution is -2.30. The predicted octanol–water partition coefficient (Wildman–Crippen LogP) is 0.410. The maximum Gasteiger partial charge on any atom is 0.225 e. The molecule has 0 saturated heterocycles. The van der Waals surface area contributed by atoms with E-state index in [4.69, 9.17) is 10.8 Å². The van der Waals surface area contributed by atoms with Crippen molar-refractivity contribution in [1.29, 1.82) is 0 Å². The van der Waals surface area contributed by atoms with Crippen LogP contribution >= 0.6 is 0 Å². The van der Waals surface area contributed by atoms with Gasteiger partial charge in [0.2, 0.25) is 5.78 Å². The molecular formula is C10H11NO3. The first-order chi connectivity index (χ1) is 6.56. The van der Waals surface area contributed by atoms with Crippen molar-refractivity contribution in [3.63, 3.8) is 0 Å². The summed E-state index contributed by atoms with van der Waals surface area (Å²) in [5, 5.41) is 9.10. The van der Waals surface area contributed by atoms with Crippen molar-refractivity contribution >= 4 is 11.6 Å². The summed E-state index contributed by atoms with van der Waals surface area (Å²) in [6, 6.07) is -0.584. The van der Waals surface area contributed by atoms with Crippen LogP contribution in [-0.2, 0) is 9.59 Å². The molecule has 0 radical (unpaired) electrons. The molecule has 0 amide bonds. The van der Waals surface area contributed by atoms with Crippen LogP contribution in [0, 0.1) is 0 Å². The van der Waals surface area contributed by atoms with Gasteiger partial charge in [0, 0.05) is 17.7 Å². The SMILES string of the molecule is C=CC[C@H](N)C1=CC(=O)C=C(O)C1=O. The minimum atomic E-state index is -0.584. The Kier molecular flexibility index (Phi) is 2.99. The van der Waals surface area contributed by atoms with Gasteiger partial charge in [-0.25, -0.2) is 0 Å². The number of rotatable bonds is 3. The third-order valence-electron chi connectivity index (χ3n) is 1.89. The molecule has 1 rings (SSSR count). The van der Waals surface area contributed by atoms with Crippen molar-refractivity contribution in [1.82, 2.24) is 0 Å². The first-order valence-corrected chi connectivity index (χ1v) is 4.13. The zero-order valence-electron chi connectivity index (χ0n) is 7.56. The Morgan fingerprint density at radius 1 is 1.50 bits per heavy atom. The van der Waals surface area contributed by atoms with Crippen molar-refractivity contribution in [2.24, 2.45) is 5.73 Å². The van der Waals surface area contributed by atoms with E-state index in [2.05, 4.69) is 6.58 Å². The molecule has 1 aliphatic rings. The fourth-order valence-electron chi connectivity index (χ4n) is 1.19. The number of aliphatic hydroxyl groups is 1. The Morgan fingerprint density at radius 3 is 2.71 bits per heavy atom. The van der Waals surface area contributed by atoms with Crippen LogP contribution in [0.15, 0.2) is 36.1 Å². The van der Waals surface area contributed by atoms with Gasteiger partial charge in [-0.3, -0.25) is 9.59 Å². The molecule has 4 heteroatoms. The summed E-state index contributed by atoms with van der Waals surface area (Å²) in [7, 11) is 0. The average Bonchev–Trinajstić information content (AvgIpc) is 2.11. The van der Waals surface area contributed by atoms with Crippen LogP contribution in [0.3, 0.4) is 0 Å². The lowest BCUT2D eigenvalue weighted by atomic mass is 9.94. The molecule has 0 aromatic carbocycles. The number of hydrogen-bond donors (Lipinski definition) is 2. The summed E-state index contributed by atoms with van der Waals surface area (Å²) in [6.45, 7) is 3.48. The summed E-state index contributed by atoms with van der Waals surface area (Å²) in [5.41, 5.74) is 5.76. The highest BCUT2D eigenvalue weighted by molar-refractivity contribution is 6.19. The van der Waals surface area contributed by atoms with Crippen molar-refractivity contribution in [2.75, 3.05) is 0 Å². The smallest absolute Gasteiger partial charge is 0.225 e. The Morgan fingerprint density at radius 2 is 2.14 bits per heavy atom. The molecular weight excluding hydrogens is 182 g/mol. The number of carbonyl (C=O) groups excluding carboxylic acids is 2. The summed E-state index contributed by atoms with van der Waals surface area (Å²) in [5.74, 6) is -1.55. The lowest BCUT2D eigenvalue weighted by Gasteiger charge is -2.14. The van der Waals surface area contributed by atoms with E-state index in [9.17, 15) is 9.59 Å². The fourth-order valence-corrected chi connectivity index (χ4v) is 1.19. The Hall–Kier alpha value is -1.68. The zero-order valence-corrected chi connectivity index (χ0v) is 7.56. The van der Waals surface area contributed by atoms with Gasteiger partial charge in [-0.2, -0.15) is 0 Å². The maximum atomic E-state index is 11.3. The summed E-state index contributed by atoms with van der Waals surface area (Å²) < 4.78 is 0. The van der Waals surface area contributed by atoms with Gasteiger partial charge in [0.15, 0.2) is 11.5 Å². The maximum absolute atomic E-state index is 11.3. The molecule has 0 fully saturated rings. The zero-order chi connectivity index (χ0) is 10.7. The van der Waals surface area contributed by atoms with Crippen molar-refractivity contribution < 1.29 is 14.7 Å². The Labute approximate surface area is 81.4 Å². The monoisotopic (exact) mass is 193 g/mol. The minimum absolute atomic E-state index is 0.134. The van der Waals surface area contributed by atoms with Crippen LogP contribution in [0.25, 0.3) is 0 Å². The number of hydrogen-bond acceptors (Lipinski definition) is 4. The second-order valence-electron chi connectivity index (χ2n) is 2.99. The number of nitrogens with two attached hydrogens (primary N) is 1. The van der Waals surface area contributed by atoms with E-state index >= 15 is 0 Å². The largest absolute Gasteiger partial charge is 0.504 e. The van der Waals surface area contributed by atoms with Gasteiger partial charge >= 0.3 is 0 Å². The first-order valence-electron chi connectivity index (χ1n) is 4.13. The molecule has 0 aromatic heterocycles. The van der Waals surface area contributed by atoms with Crippen LogP contribution in [0.5, 0.6) is 0 Å². The molecule has 0 aromatic rings. The van der Waals surface area contributed by atoms with Crippen molar-refractivity contribution in [3.05, 3.63) is 36.1 Å². The minimum Gasteiger partial charge on any atom is -0.504 e. The van der Waals surface area contributed by atoms with Crippen LogP contribution in [0.4, 0.5) is 0 Å². The lowest BCUT2D eigenvalue weighted by molar-refractivity contribution is -0.117. The summed E-state index contributed by atoms with van der Waals surface area (Å²) in [4.78, 5) is 22.3. The van der Waals surface area contributed by atoms with Crippen LogP contribution < -0.4 is 5.73 Å². The van der Waals surface area contributed by atoms with E-state index in [1.807, 2.05) is 0 Å². The molecule has 1 atom stereocenters. The molecule has 0 bridgehead atoms. The summed E-state index contributed by atoms with van der Waals surface area (Å²) in [6.07, 6.45) is 3.97. The van der Waals surface area contributed by atoms with E-state index < -0.39 is 23.4 Å². The van der Waals surface area contributed by atoms with E-state index in [0.717, 1.165) is 12.2 Å². The van der Waals surface area contributed by atoms with E-state index in [1.165, 1.54) is 0 Å². The van der Waals surface area contributed by atoms with Gasteiger partial charge < -0.3 is 10.8 Å². The van der Waals surface area contributed by atoms with Crippen molar-refractivity contribution in [3.8, 4) is 0 Å². The first kappa shape index (κ1) is 10.4. The van der Waals surface area contributed by atoms with E-state index in [1.54, 1.807) is 6.08 Å². The molecule has 3 N–H and O–H groups in total. The van der Waals surface area contributed by atoms with E-state index in [-0.39, 0.29) is 5.57 Å². The molecule has 0 heterocycles. The molecule has 0 saturated carbocycles. The van der Waals surface area contributed by atoms with Gasteiger partial charge in [-0.1, -0.05) is 6.08 Å². The van der Waals surface area contributed by atoms with Gasteiger partial charge in [0.1, 0.15) is 0 Å². The molecule has 1 aliphatic carbocycles. The number of allylic oxidation sites excluding steroid dienone is 3. The topological polar surface area (TPSA) is 80.4 Å². The number of Topliss-reactive ketones (excluding diaryl/α,β-unsaturated/α-hetero) is 1. The molecule has 74 valence electrons. The fraction of sp³-hybridized carbons (Fsp3) is 0.200. The third kappa shape index (κ3) is 1.97.